The molecule has 0 aliphatic heterocycles. The van der Waals surface area contributed by atoms with E-state index in [9.17, 15) is 4.79 Å². The summed E-state index contributed by atoms with van der Waals surface area (Å²) >= 11 is 0. The van der Waals surface area contributed by atoms with E-state index < -0.39 is 5.97 Å². The van der Waals surface area contributed by atoms with Crippen molar-refractivity contribution in [2.45, 2.75) is 13.0 Å². The number of aromatic carboxylic acids is 1. The molecule has 0 spiro atoms. The van der Waals surface area contributed by atoms with Gasteiger partial charge in [0.1, 0.15) is 0 Å². The van der Waals surface area contributed by atoms with E-state index in [1.807, 2.05) is 25.1 Å². The number of nitrogens with zero attached hydrogens (tertiary/aromatic N) is 1. The average Bonchev–Trinajstić information content (AvgIpc) is 2.36. The molecule has 1 atom stereocenters. The molecule has 0 aliphatic carbocycles. The molecule has 17 heavy (non-hydrogen) atoms. The van der Waals surface area contributed by atoms with Gasteiger partial charge in [-0.25, -0.2) is 4.79 Å². The van der Waals surface area contributed by atoms with Gasteiger partial charge in [0, 0.05) is 18.7 Å². The molecule has 2 rings (SSSR count). The van der Waals surface area contributed by atoms with Gasteiger partial charge in [-0.2, -0.15) is 0 Å². The van der Waals surface area contributed by atoms with Crippen LogP contribution in [0.15, 0.2) is 30.5 Å². The van der Waals surface area contributed by atoms with Crippen LogP contribution in [0, 0.1) is 0 Å². The van der Waals surface area contributed by atoms with Crippen LogP contribution in [0.1, 0.15) is 28.9 Å². The Bertz CT molecular complexity index is 566. The molecule has 4 heteroatoms. The van der Waals surface area contributed by atoms with Crippen LogP contribution in [0.25, 0.3) is 10.9 Å². The lowest BCUT2D eigenvalue weighted by molar-refractivity contribution is 0.0699. The number of aromatic nitrogens is 1. The predicted octanol–water partition coefficient (Wildman–Crippen LogP) is 2.64. The molecule has 0 radical (unpaired) electrons. The van der Waals surface area contributed by atoms with Crippen LogP contribution < -0.4 is 0 Å². The minimum absolute atomic E-state index is 0.0683. The Hall–Kier alpha value is -1.94. The molecule has 2 aromatic rings. The third-order valence-electron chi connectivity index (χ3n) is 2.82. The number of hydrogen-bond donors (Lipinski definition) is 1. The smallest absolute Gasteiger partial charge is 0.336 e. The third kappa shape index (κ3) is 2.12. The summed E-state index contributed by atoms with van der Waals surface area (Å²) in [6.07, 6.45) is 1.44. The summed E-state index contributed by atoms with van der Waals surface area (Å²) in [6.45, 7) is 1.91. The fourth-order valence-electron chi connectivity index (χ4n) is 1.74. The molecule has 0 saturated carbocycles. The number of methoxy groups -OCH3 is 1. The highest BCUT2D eigenvalue weighted by atomic mass is 16.5. The Kier molecular flexibility index (Phi) is 3.06. The zero-order chi connectivity index (χ0) is 12.4. The topological polar surface area (TPSA) is 59.4 Å². The Morgan fingerprint density at radius 3 is 2.82 bits per heavy atom. The second-order valence-electron chi connectivity index (χ2n) is 3.82. The molecule has 4 nitrogen and oxygen atoms in total. The summed E-state index contributed by atoms with van der Waals surface area (Å²) in [5.41, 5.74) is 1.88. The van der Waals surface area contributed by atoms with Gasteiger partial charge in [0.15, 0.2) is 0 Å². The molecule has 0 unspecified atom stereocenters. The molecule has 0 aliphatic rings. The Balaban J connectivity index is 2.65. The molecule has 1 N–H and O–H groups in total. The summed E-state index contributed by atoms with van der Waals surface area (Å²) in [4.78, 5) is 15.3. The molecule has 0 saturated heterocycles. The molecule has 1 aromatic heterocycles. The van der Waals surface area contributed by atoms with Crippen molar-refractivity contribution >= 4 is 16.9 Å². The van der Waals surface area contributed by atoms with Gasteiger partial charge in [0.05, 0.1) is 17.2 Å². The van der Waals surface area contributed by atoms with Gasteiger partial charge >= 0.3 is 5.97 Å². The molecule has 1 heterocycles. The molecule has 0 amide bonds. The normalized spacial score (nSPS) is 12.6. The summed E-state index contributed by atoms with van der Waals surface area (Å²) in [5.74, 6) is -0.945. The van der Waals surface area contributed by atoms with E-state index in [-0.39, 0.29) is 11.7 Å². The summed E-state index contributed by atoms with van der Waals surface area (Å²) in [5, 5.41) is 9.75. The molecular weight excluding hydrogens is 218 g/mol. The van der Waals surface area contributed by atoms with Gasteiger partial charge in [0.25, 0.3) is 0 Å². The van der Waals surface area contributed by atoms with Crippen molar-refractivity contribution in [3.05, 3.63) is 41.6 Å². The maximum atomic E-state index is 11.1. The van der Waals surface area contributed by atoms with Crippen LogP contribution in [-0.4, -0.2) is 23.2 Å². The van der Waals surface area contributed by atoms with Crippen LogP contribution in [0.5, 0.6) is 0 Å². The second kappa shape index (κ2) is 4.51. The summed E-state index contributed by atoms with van der Waals surface area (Å²) in [6, 6.07) is 7.04. The standard InChI is InChI=1S/C13H13NO3/c1-8(17-2)9-3-4-12-11(7-9)10(13(15)16)5-6-14-12/h3-8H,1-2H3,(H,15,16)/t8-/m0/s1. The number of fused-ring (bicyclic) bond motifs is 1. The Labute approximate surface area is 98.9 Å². The van der Waals surface area contributed by atoms with Gasteiger partial charge in [-0.15, -0.1) is 0 Å². The minimum atomic E-state index is -0.945. The first-order valence-electron chi connectivity index (χ1n) is 5.28. The monoisotopic (exact) mass is 231 g/mol. The second-order valence-corrected chi connectivity index (χ2v) is 3.82. The Morgan fingerprint density at radius 1 is 1.41 bits per heavy atom. The zero-order valence-corrected chi connectivity index (χ0v) is 9.68. The lowest BCUT2D eigenvalue weighted by Gasteiger charge is -2.11. The highest BCUT2D eigenvalue weighted by molar-refractivity contribution is 6.02. The number of benzene rings is 1. The van der Waals surface area contributed by atoms with Crippen LogP contribution in [0.3, 0.4) is 0 Å². The molecule has 88 valence electrons. The van der Waals surface area contributed by atoms with Crippen LogP contribution in [0.2, 0.25) is 0 Å². The average molecular weight is 231 g/mol. The van der Waals surface area contributed by atoms with Crippen molar-refractivity contribution in [1.29, 1.82) is 0 Å². The number of ether oxygens (including phenoxy) is 1. The highest BCUT2D eigenvalue weighted by Gasteiger charge is 2.11. The first kappa shape index (κ1) is 11.5. The lowest BCUT2D eigenvalue weighted by Crippen LogP contribution is -2.00. The van der Waals surface area contributed by atoms with Crippen molar-refractivity contribution in [2.24, 2.45) is 0 Å². The van der Waals surface area contributed by atoms with Gasteiger partial charge < -0.3 is 9.84 Å². The van der Waals surface area contributed by atoms with Crippen LogP contribution >= 0.6 is 0 Å². The van der Waals surface area contributed by atoms with E-state index in [2.05, 4.69) is 4.98 Å². The van der Waals surface area contributed by atoms with Gasteiger partial charge in [0.2, 0.25) is 0 Å². The van der Waals surface area contributed by atoms with Crippen molar-refractivity contribution in [3.8, 4) is 0 Å². The number of rotatable bonds is 3. The molecule has 0 fully saturated rings. The van der Waals surface area contributed by atoms with Crippen molar-refractivity contribution < 1.29 is 14.6 Å². The fraction of sp³-hybridized carbons (Fsp3) is 0.231. The first-order valence-corrected chi connectivity index (χ1v) is 5.28. The number of hydrogen-bond acceptors (Lipinski definition) is 3. The van der Waals surface area contributed by atoms with Crippen LogP contribution in [-0.2, 0) is 4.74 Å². The predicted molar refractivity (Wildman–Crippen MR) is 64.1 cm³/mol. The zero-order valence-electron chi connectivity index (χ0n) is 9.68. The van der Waals surface area contributed by atoms with E-state index in [1.165, 1.54) is 12.3 Å². The molecule has 0 bridgehead atoms. The Morgan fingerprint density at radius 2 is 2.18 bits per heavy atom. The maximum Gasteiger partial charge on any atom is 0.336 e. The van der Waals surface area contributed by atoms with Gasteiger partial charge in [-0.1, -0.05) is 6.07 Å². The van der Waals surface area contributed by atoms with Crippen molar-refractivity contribution in [1.82, 2.24) is 4.98 Å². The number of carbonyl (C=O) groups is 1. The summed E-state index contributed by atoms with van der Waals surface area (Å²) < 4.78 is 5.22. The number of carboxylic acid groups (broad SMARTS) is 1. The minimum Gasteiger partial charge on any atom is -0.478 e. The van der Waals surface area contributed by atoms with Crippen molar-refractivity contribution in [3.63, 3.8) is 0 Å². The fourth-order valence-corrected chi connectivity index (χ4v) is 1.74. The molecular formula is C13H13NO3. The quantitative estimate of drug-likeness (QED) is 0.882. The van der Waals surface area contributed by atoms with Gasteiger partial charge in [-0.3, -0.25) is 4.98 Å². The third-order valence-corrected chi connectivity index (χ3v) is 2.82. The van der Waals surface area contributed by atoms with Crippen molar-refractivity contribution in [2.75, 3.05) is 7.11 Å². The SMILES string of the molecule is CO[C@@H](C)c1ccc2nccc(C(=O)O)c2c1. The highest BCUT2D eigenvalue weighted by Crippen LogP contribution is 2.23. The van der Waals surface area contributed by atoms with Crippen LogP contribution in [0.4, 0.5) is 0 Å². The first-order chi connectivity index (χ1) is 8.13. The number of pyridine rings is 1. The van der Waals surface area contributed by atoms with E-state index in [1.54, 1.807) is 7.11 Å². The van der Waals surface area contributed by atoms with E-state index >= 15 is 0 Å². The van der Waals surface area contributed by atoms with E-state index in [0.717, 1.165) is 5.56 Å². The van der Waals surface area contributed by atoms with E-state index in [4.69, 9.17) is 9.84 Å². The lowest BCUT2D eigenvalue weighted by atomic mass is 10.0. The number of carboxylic acids is 1. The van der Waals surface area contributed by atoms with Gasteiger partial charge in [-0.05, 0) is 30.7 Å². The van der Waals surface area contributed by atoms with E-state index in [0.29, 0.717) is 10.9 Å². The largest absolute Gasteiger partial charge is 0.478 e. The summed E-state index contributed by atoms with van der Waals surface area (Å²) in [7, 11) is 1.62. The molecule has 1 aromatic carbocycles. The maximum absolute atomic E-state index is 11.1.